The normalized spacial score (nSPS) is 14.5. The first kappa shape index (κ1) is 15.4. The average molecular weight is 313 g/mol. The van der Waals surface area contributed by atoms with Crippen molar-refractivity contribution in [3.8, 4) is 0 Å². The fourth-order valence-electron chi connectivity index (χ4n) is 2.61. The second-order valence-corrected chi connectivity index (χ2v) is 6.58. The number of anilines is 1. The van der Waals surface area contributed by atoms with Gasteiger partial charge in [-0.25, -0.2) is 9.58 Å². The predicted octanol–water partition coefficient (Wildman–Crippen LogP) is 1.97. The summed E-state index contributed by atoms with van der Waals surface area (Å²) in [6, 6.07) is 8.51. The molecule has 120 valence electrons. The number of imide groups is 1. The van der Waals surface area contributed by atoms with Gasteiger partial charge in [0, 0.05) is 11.5 Å². The molecular formula is C17H19N3O3. The molecule has 2 aromatic rings. The molecule has 0 spiro atoms. The van der Waals surface area contributed by atoms with Crippen LogP contribution in [0.2, 0.25) is 0 Å². The van der Waals surface area contributed by atoms with Gasteiger partial charge in [0.1, 0.15) is 5.82 Å². The lowest BCUT2D eigenvalue weighted by atomic mass is 9.92. The molecular weight excluding hydrogens is 294 g/mol. The summed E-state index contributed by atoms with van der Waals surface area (Å²) in [5.41, 5.74) is 1.32. The van der Waals surface area contributed by atoms with E-state index in [-0.39, 0.29) is 30.4 Å². The van der Waals surface area contributed by atoms with Gasteiger partial charge < -0.3 is 5.11 Å². The summed E-state index contributed by atoms with van der Waals surface area (Å²) < 4.78 is 1.52. The predicted molar refractivity (Wildman–Crippen MR) is 85.6 cm³/mol. The summed E-state index contributed by atoms with van der Waals surface area (Å²) in [6.45, 7) is 6.11. The summed E-state index contributed by atoms with van der Waals surface area (Å²) >= 11 is 0. The number of aliphatic hydroxyl groups is 1. The molecule has 6 nitrogen and oxygen atoms in total. The highest BCUT2D eigenvalue weighted by molar-refractivity contribution is 6.34. The standard InChI is InChI=1S/C17H19N3O3/c1-17(2,3)13-10-14(19(18-13)8-9-21)20-15(22)11-6-4-5-7-12(11)16(20)23/h4-7,10,21H,8-9H2,1-3H3. The van der Waals surface area contributed by atoms with Crippen LogP contribution in [0.3, 0.4) is 0 Å². The number of amides is 2. The monoisotopic (exact) mass is 313 g/mol. The number of aromatic nitrogens is 2. The highest BCUT2D eigenvalue weighted by Gasteiger charge is 2.38. The zero-order valence-corrected chi connectivity index (χ0v) is 13.4. The summed E-state index contributed by atoms with van der Waals surface area (Å²) in [7, 11) is 0. The molecule has 1 aliphatic rings. The molecule has 0 radical (unpaired) electrons. The van der Waals surface area contributed by atoms with E-state index in [1.807, 2.05) is 20.8 Å². The van der Waals surface area contributed by atoms with Crippen molar-refractivity contribution in [2.45, 2.75) is 32.7 Å². The third-order valence-electron chi connectivity index (χ3n) is 3.86. The van der Waals surface area contributed by atoms with Crippen LogP contribution in [0.25, 0.3) is 0 Å². The fraction of sp³-hybridized carbons (Fsp3) is 0.353. The molecule has 1 N–H and O–H groups in total. The fourth-order valence-corrected chi connectivity index (χ4v) is 2.61. The lowest BCUT2D eigenvalue weighted by Crippen LogP contribution is -2.32. The van der Waals surface area contributed by atoms with Crippen LogP contribution >= 0.6 is 0 Å². The van der Waals surface area contributed by atoms with Crippen LogP contribution in [0, 0.1) is 0 Å². The van der Waals surface area contributed by atoms with Crippen LogP contribution in [0.15, 0.2) is 30.3 Å². The zero-order valence-electron chi connectivity index (χ0n) is 13.4. The van der Waals surface area contributed by atoms with E-state index in [1.54, 1.807) is 30.3 Å². The Hall–Kier alpha value is -2.47. The van der Waals surface area contributed by atoms with E-state index in [0.717, 1.165) is 10.6 Å². The van der Waals surface area contributed by atoms with Crippen molar-refractivity contribution in [3.63, 3.8) is 0 Å². The van der Waals surface area contributed by atoms with E-state index in [4.69, 9.17) is 0 Å². The van der Waals surface area contributed by atoms with Crippen LogP contribution in [-0.4, -0.2) is 33.3 Å². The van der Waals surface area contributed by atoms with Gasteiger partial charge in [0.15, 0.2) is 0 Å². The maximum absolute atomic E-state index is 12.6. The number of benzene rings is 1. The molecule has 0 saturated heterocycles. The minimum absolute atomic E-state index is 0.124. The summed E-state index contributed by atoms with van der Waals surface area (Å²) in [6.07, 6.45) is 0. The largest absolute Gasteiger partial charge is 0.394 e. The third kappa shape index (κ3) is 2.45. The molecule has 3 rings (SSSR count). The highest BCUT2D eigenvalue weighted by atomic mass is 16.3. The Morgan fingerprint density at radius 1 is 1.09 bits per heavy atom. The van der Waals surface area contributed by atoms with Crippen LogP contribution in [0.1, 0.15) is 47.2 Å². The molecule has 1 aromatic carbocycles. The van der Waals surface area contributed by atoms with E-state index in [2.05, 4.69) is 5.10 Å². The average Bonchev–Trinajstić information content (AvgIpc) is 3.01. The van der Waals surface area contributed by atoms with Gasteiger partial charge in [0.25, 0.3) is 11.8 Å². The van der Waals surface area contributed by atoms with Crippen LogP contribution in [-0.2, 0) is 12.0 Å². The number of fused-ring (bicyclic) bond motifs is 1. The Morgan fingerprint density at radius 2 is 1.65 bits per heavy atom. The number of aliphatic hydroxyl groups excluding tert-OH is 1. The maximum Gasteiger partial charge on any atom is 0.267 e. The number of carbonyl (C=O) groups excluding carboxylic acids is 2. The number of rotatable bonds is 3. The minimum atomic E-state index is -0.356. The van der Waals surface area contributed by atoms with Crippen molar-refractivity contribution >= 4 is 17.6 Å². The molecule has 0 atom stereocenters. The Morgan fingerprint density at radius 3 is 2.13 bits per heavy atom. The number of hydrogen-bond acceptors (Lipinski definition) is 4. The molecule has 0 bridgehead atoms. The third-order valence-corrected chi connectivity index (χ3v) is 3.86. The second kappa shape index (κ2) is 5.31. The first-order valence-electron chi connectivity index (χ1n) is 7.51. The van der Waals surface area contributed by atoms with Crippen molar-refractivity contribution in [3.05, 3.63) is 47.2 Å². The zero-order chi connectivity index (χ0) is 16.8. The molecule has 2 amide bonds. The van der Waals surface area contributed by atoms with Gasteiger partial charge in [0.05, 0.1) is 30.0 Å². The molecule has 1 aliphatic heterocycles. The Bertz CT molecular complexity index is 752. The molecule has 0 saturated carbocycles. The second-order valence-electron chi connectivity index (χ2n) is 6.58. The van der Waals surface area contributed by atoms with Gasteiger partial charge in [-0.2, -0.15) is 5.10 Å². The van der Waals surface area contributed by atoms with E-state index in [0.29, 0.717) is 16.9 Å². The van der Waals surface area contributed by atoms with E-state index in [9.17, 15) is 14.7 Å². The molecule has 23 heavy (non-hydrogen) atoms. The highest BCUT2D eigenvalue weighted by Crippen LogP contribution is 2.31. The number of hydrogen-bond donors (Lipinski definition) is 1. The quantitative estimate of drug-likeness (QED) is 0.879. The SMILES string of the molecule is CC(C)(C)c1cc(N2C(=O)c3ccccc3C2=O)n(CCO)n1. The van der Waals surface area contributed by atoms with Crippen LogP contribution < -0.4 is 4.90 Å². The van der Waals surface area contributed by atoms with Crippen LogP contribution in [0.4, 0.5) is 5.82 Å². The lowest BCUT2D eigenvalue weighted by molar-refractivity contribution is 0.0922. The van der Waals surface area contributed by atoms with Gasteiger partial charge in [-0.3, -0.25) is 9.59 Å². The summed E-state index contributed by atoms with van der Waals surface area (Å²) in [5, 5.41) is 13.7. The molecule has 0 fully saturated rings. The summed E-state index contributed by atoms with van der Waals surface area (Å²) in [5.74, 6) is -0.314. The van der Waals surface area contributed by atoms with Crippen LogP contribution in [0.5, 0.6) is 0 Å². The molecule has 0 aliphatic carbocycles. The van der Waals surface area contributed by atoms with Crippen molar-refractivity contribution in [2.24, 2.45) is 0 Å². The van der Waals surface area contributed by atoms with Crippen molar-refractivity contribution in [2.75, 3.05) is 11.5 Å². The molecule has 1 aromatic heterocycles. The first-order chi connectivity index (χ1) is 10.8. The first-order valence-corrected chi connectivity index (χ1v) is 7.51. The Balaban J connectivity index is 2.11. The molecule has 0 unspecified atom stereocenters. The molecule has 2 heterocycles. The topological polar surface area (TPSA) is 75.4 Å². The van der Waals surface area contributed by atoms with E-state index < -0.39 is 0 Å². The Labute approximate surface area is 134 Å². The van der Waals surface area contributed by atoms with Gasteiger partial charge in [-0.05, 0) is 12.1 Å². The van der Waals surface area contributed by atoms with Gasteiger partial charge in [0.2, 0.25) is 0 Å². The summed E-state index contributed by atoms with van der Waals surface area (Å²) in [4.78, 5) is 26.4. The van der Waals surface area contributed by atoms with Gasteiger partial charge in [-0.15, -0.1) is 0 Å². The van der Waals surface area contributed by atoms with Crippen molar-refractivity contribution < 1.29 is 14.7 Å². The number of carbonyl (C=O) groups is 2. The van der Waals surface area contributed by atoms with Gasteiger partial charge in [-0.1, -0.05) is 32.9 Å². The van der Waals surface area contributed by atoms with Crippen molar-refractivity contribution in [1.82, 2.24) is 9.78 Å². The van der Waals surface area contributed by atoms with E-state index in [1.165, 1.54) is 4.68 Å². The number of nitrogens with zero attached hydrogens (tertiary/aromatic N) is 3. The lowest BCUT2D eigenvalue weighted by Gasteiger charge is -2.15. The Kier molecular flexibility index (Phi) is 3.56. The maximum atomic E-state index is 12.6. The minimum Gasteiger partial charge on any atom is -0.394 e. The molecule has 6 heteroatoms. The van der Waals surface area contributed by atoms with Gasteiger partial charge >= 0.3 is 0 Å². The smallest absolute Gasteiger partial charge is 0.267 e. The van der Waals surface area contributed by atoms with E-state index >= 15 is 0 Å². The van der Waals surface area contributed by atoms with Crippen molar-refractivity contribution in [1.29, 1.82) is 0 Å².